The van der Waals surface area contributed by atoms with E-state index in [0.717, 1.165) is 17.1 Å². The number of carbonyl (C=O) groups is 1. The molecule has 1 fully saturated rings. The van der Waals surface area contributed by atoms with E-state index in [4.69, 9.17) is 9.47 Å². The van der Waals surface area contributed by atoms with E-state index in [1.165, 1.54) is 0 Å². The second kappa shape index (κ2) is 9.27. The van der Waals surface area contributed by atoms with Crippen molar-refractivity contribution in [2.45, 2.75) is 12.6 Å². The lowest BCUT2D eigenvalue weighted by atomic mass is 10.2. The highest BCUT2D eigenvalue weighted by molar-refractivity contribution is 5.85. The van der Waals surface area contributed by atoms with Gasteiger partial charge in [0.05, 0.1) is 13.2 Å². The second-order valence-corrected chi connectivity index (χ2v) is 5.36. The van der Waals surface area contributed by atoms with Crippen molar-refractivity contribution >= 4 is 18.3 Å². The number of hydrogen-bond donors (Lipinski definition) is 2. The zero-order valence-electron chi connectivity index (χ0n) is 13.2. The van der Waals surface area contributed by atoms with Gasteiger partial charge in [-0.3, -0.25) is 4.79 Å². The van der Waals surface area contributed by atoms with Gasteiger partial charge in [0.15, 0.2) is 0 Å². The molecular weight excluding hydrogens is 328 g/mol. The Morgan fingerprint density at radius 2 is 1.96 bits per heavy atom. The molecule has 2 N–H and O–H groups in total. The van der Waals surface area contributed by atoms with Crippen LogP contribution in [0, 0.1) is 0 Å². The van der Waals surface area contributed by atoms with Gasteiger partial charge in [0.2, 0.25) is 5.91 Å². The number of rotatable bonds is 5. The Hall–Kier alpha value is -2.08. The van der Waals surface area contributed by atoms with Crippen molar-refractivity contribution in [3.05, 3.63) is 60.2 Å². The number of para-hydroxylation sites is 1. The zero-order valence-corrected chi connectivity index (χ0v) is 14.1. The molecule has 0 spiro atoms. The van der Waals surface area contributed by atoms with Gasteiger partial charge in [-0.25, -0.2) is 0 Å². The van der Waals surface area contributed by atoms with E-state index in [1.807, 2.05) is 54.6 Å². The molecule has 6 heteroatoms. The highest BCUT2D eigenvalue weighted by Gasteiger charge is 2.20. The molecular formula is C18H21ClN2O3. The van der Waals surface area contributed by atoms with Gasteiger partial charge in [-0.2, -0.15) is 0 Å². The number of halogens is 1. The highest BCUT2D eigenvalue weighted by Crippen LogP contribution is 2.21. The van der Waals surface area contributed by atoms with Crippen LogP contribution in [0.2, 0.25) is 0 Å². The van der Waals surface area contributed by atoms with Crippen LogP contribution in [0.3, 0.4) is 0 Å². The van der Waals surface area contributed by atoms with Crippen LogP contribution in [-0.2, 0) is 16.1 Å². The number of nitrogens with one attached hydrogen (secondary N) is 2. The lowest BCUT2D eigenvalue weighted by Gasteiger charge is -2.22. The molecule has 24 heavy (non-hydrogen) atoms. The van der Waals surface area contributed by atoms with Crippen molar-refractivity contribution in [3.8, 4) is 11.5 Å². The molecule has 5 nitrogen and oxygen atoms in total. The summed E-state index contributed by atoms with van der Waals surface area (Å²) in [6, 6.07) is 17.1. The van der Waals surface area contributed by atoms with Crippen LogP contribution >= 0.6 is 12.4 Å². The fraction of sp³-hybridized carbons (Fsp3) is 0.278. The van der Waals surface area contributed by atoms with Crippen molar-refractivity contribution in [1.82, 2.24) is 10.6 Å². The average Bonchev–Trinajstić information content (AvgIpc) is 2.62. The summed E-state index contributed by atoms with van der Waals surface area (Å²) in [6.45, 7) is 2.24. The number of hydrogen-bond acceptors (Lipinski definition) is 4. The summed E-state index contributed by atoms with van der Waals surface area (Å²) < 4.78 is 11.1. The second-order valence-electron chi connectivity index (χ2n) is 5.36. The Labute approximate surface area is 147 Å². The van der Waals surface area contributed by atoms with Gasteiger partial charge >= 0.3 is 0 Å². The van der Waals surface area contributed by atoms with E-state index in [1.54, 1.807) is 0 Å². The van der Waals surface area contributed by atoms with Gasteiger partial charge in [-0.15, -0.1) is 12.4 Å². The summed E-state index contributed by atoms with van der Waals surface area (Å²) in [6.07, 6.45) is 0. The molecule has 1 saturated heterocycles. The van der Waals surface area contributed by atoms with Gasteiger partial charge in [-0.05, 0) is 29.8 Å². The maximum Gasteiger partial charge on any atom is 0.239 e. The van der Waals surface area contributed by atoms with E-state index in [9.17, 15) is 4.79 Å². The highest BCUT2D eigenvalue weighted by atomic mass is 35.5. The molecule has 0 saturated carbocycles. The van der Waals surface area contributed by atoms with E-state index in [-0.39, 0.29) is 24.4 Å². The number of morpholine rings is 1. The third-order valence-electron chi connectivity index (χ3n) is 3.58. The Morgan fingerprint density at radius 3 is 2.71 bits per heavy atom. The molecule has 2 aromatic carbocycles. The zero-order chi connectivity index (χ0) is 15.9. The molecule has 1 aliphatic rings. The van der Waals surface area contributed by atoms with E-state index >= 15 is 0 Å². The summed E-state index contributed by atoms with van der Waals surface area (Å²) in [5.41, 5.74) is 0.989. The van der Waals surface area contributed by atoms with Crippen molar-refractivity contribution in [2.24, 2.45) is 0 Å². The first kappa shape index (κ1) is 18.3. The van der Waals surface area contributed by atoms with Crippen LogP contribution in [-0.4, -0.2) is 31.7 Å². The number of amides is 1. The standard InChI is InChI=1S/C18H20N2O3.ClH/c21-18(17-13-22-10-9-19-17)20-12-14-5-4-8-16(11-14)23-15-6-2-1-3-7-15;/h1-8,11,17,19H,9-10,12-13H2,(H,20,21);1H. The Bertz CT molecular complexity index is 646. The lowest BCUT2D eigenvalue weighted by Crippen LogP contribution is -2.51. The largest absolute Gasteiger partial charge is 0.457 e. The van der Waals surface area contributed by atoms with Gasteiger partial charge in [-0.1, -0.05) is 30.3 Å². The molecule has 3 rings (SSSR count). The first-order chi connectivity index (χ1) is 11.3. The van der Waals surface area contributed by atoms with Crippen molar-refractivity contribution in [2.75, 3.05) is 19.8 Å². The van der Waals surface area contributed by atoms with Crippen molar-refractivity contribution in [3.63, 3.8) is 0 Å². The molecule has 128 valence electrons. The van der Waals surface area contributed by atoms with Gasteiger partial charge < -0.3 is 20.1 Å². The predicted octanol–water partition coefficient (Wildman–Crippen LogP) is 2.51. The van der Waals surface area contributed by atoms with E-state index < -0.39 is 0 Å². The minimum absolute atomic E-state index is 0. The summed E-state index contributed by atoms with van der Waals surface area (Å²) in [5, 5.41) is 6.06. The fourth-order valence-corrected chi connectivity index (χ4v) is 2.39. The summed E-state index contributed by atoms with van der Waals surface area (Å²) in [4.78, 5) is 12.1. The van der Waals surface area contributed by atoms with Crippen LogP contribution < -0.4 is 15.4 Å². The smallest absolute Gasteiger partial charge is 0.239 e. The summed E-state index contributed by atoms with van der Waals surface area (Å²) in [7, 11) is 0. The first-order valence-electron chi connectivity index (χ1n) is 7.72. The average molecular weight is 349 g/mol. The van der Waals surface area contributed by atoms with Crippen LogP contribution in [0.25, 0.3) is 0 Å². The predicted molar refractivity (Wildman–Crippen MR) is 94.7 cm³/mol. The number of carbonyl (C=O) groups excluding carboxylic acids is 1. The van der Waals surface area contributed by atoms with E-state index in [0.29, 0.717) is 26.3 Å². The van der Waals surface area contributed by atoms with Crippen LogP contribution in [0.1, 0.15) is 5.56 Å². The van der Waals surface area contributed by atoms with Crippen LogP contribution in [0.5, 0.6) is 11.5 Å². The molecule has 0 aromatic heterocycles. The monoisotopic (exact) mass is 348 g/mol. The molecule has 2 aromatic rings. The number of ether oxygens (including phenoxy) is 2. The molecule has 0 bridgehead atoms. The third-order valence-corrected chi connectivity index (χ3v) is 3.58. The van der Waals surface area contributed by atoms with Crippen LogP contribution in [0.15, 0.2) is 54.6 Å². The SMILES string of the molecule is Cl.O=C(NCc1cccc(Oc2ccccc2)c1)C1COCCN1. The third kappa shape index (κ3) is 5.23. The first-order valence-corrected chi connectivity index (χ1v) is 7.72. The molecule has 1 amide bonds. The quantitative estimate of drug-likeness (QED) is 0.871. The lowest BCUT2D eigenvalue weighted by molar-refractivity contribution is -0.126. The molecule has 0 radical (unpaired) electrons. The van der Waals surface area contributed by atoms with Crippen molar-refractivity contribution < 1.29 is 14.3 Å². The molecule has 1 atom stereocenters. The minimum atomic E-state index is -0.271. The molecule has 0 aliphatic carbocycles. The minimum Gasteiger partial charge on any atom is -0.457 e. The van der Waals surface area contributed by atoms with Crippen LogP contribution in [0.4, 0.5) is 0 Å². The Morgan fingerprint density at radius 1 is 1.17 bits per heavy atom. The fourth-order valence-electron chi connectivity index (χ4n) is 2.39. The maximum absolute atomic E-state index is 12.1. The maximum atomic E-state index is 12.1. The summed E-state index contributed by atoms with van der Waals surface area (Å²) in [5.74, 6) is 1.50. The Kier molecular flexibility index (Phi) is 7.06. The molecule has 1 aliphatic heterocycles. The Balaban J connectivity index is 0.00000208. The normalized spacial score (nSPS) is 16.8. The van der Waals surface area contributed by atoms with E-state index in [2.05, 4.69) is 10.6 Å². The topological polar surface area (TPSA) is 59.6 Å². The van der Waals surface area contributed by atoms with Crippen molar-refractivity contribution in [1.29, 1.82) is 0 Å². The number of benzene rings is 2. The summed E-state index contributed by atoms with van der Waals surface area (Å²) >= 11 is 0. The van der Waals surface area contributed by atoms with Gasteiger partial charge in [0.1, 0.15) is 17.5 Å². The van der Waals surface area contributed by atoms with Gasteiger partial charge in [0.25, 0.3) is 0 Å². The molecule has 1 heterocycles. The molecule has 1 unspecified atom stereocenters. The van der Waals surface area contributed by atoms with Gasteiger partial charge in [0, 0.05) is 13.1 Å².